The van der Waals surface area contributed by atoms with E-state index in [1.165, 1.54) is 0 Å². The van der Waals surface area contributed by atoms with E-state index in [-0.39, 0.29) is 36.1 Å². The molecular weight excluding hydrogens is 386 g/mol. The zero-order valence-corrected chi connectivity index (χ0v) is 17.1. The Labute approximate surface area is 165 Å². The van der Waals surface area contributed by atoms with Gasteiger partial charge in [0.2, 0.25) is 0 Å². The molecule has 2 aromatic rings. The van der Waals surface area contributed by atoms with E-state index in [4.69, 9.17) is 16.3 Å². The van der Waals surface area contributed by atoms with Gasteiger partial charge < -0.3 is 9.64 Å². The second-order valence-corrected chi connectivity index (χ2v) is 9.63. The molecule has 0 aromatic heterocycles. The average molecular weight is 410 g/mol. The number of carbonyl (C=O) groups excluding carboxylic acids is 1. The Morgan fingerprint density at radius 2 is 1.96 bits per heavy atom. The number of hydrogen-bond acceptors (Lipinski definition) is 4. The second kappa shape index (κ2) is 8.07. The van der Waals surface area contributed by atoms with Gasteiger partial charge in [0.15, 0.2) is 16.4 Å². The van der Waals surface area contributed by atoms with Crippen LogP contribution in [-0.4, -0.2) is 49.4 Å². The number of nitrogens with zero attached hydrogens (tertiary/aromatic N) is 1. The fraction of sp³-hybridized carbons (Fsp3) is 0.450. The van der Waals surface area contributed by atoms with Crippen LogP contribution in [0, 0.1) is 0 Å². The minimum Gasteiger partial charge on any atom is -0.483 e. The Morgan fingerprint density at radius 1 is 1.26 bits per heavy atom. The molecule has 0 bridgehead atoms. The first kappa shape index (κ1) is 20.0. The van der Waals surface area contributed by atoms with E-state index < -0.39 is 9.84 Å². The van der Waals surface area contributed by atoms with Crippen molar-refractivity contribution in [3.05, 3.63) is 41.4 Å². The van der Waals surface area contributed by atoms with E-state index in [0.717, 1.165) is 17.2 Å². The summed E-state index contributed by atoms with van der Waals surface area (Å²) in [6.45, 7) is 3.80. The van der Waals surface area contributed by atoms with Crippen molar-refractivity contribution in [3.63, 3.8) is 0 Å². The molecule has 0 radical (unpaired) electrons. The van der Waals surface area contributed by atoms with Gasteiger partial charge in [-0.2, -0.15) is 0 Å². The van der Waals surface area contributed by atoms with Gasteiger partial charge >= 0.3 is 0 Å². The summed E-state index contributed by atoms with van der Waals surface area (Å²) in [6.07, 6.45) is 1.24. The summed E-state index contributed by atoms with van der Waals surface area (Å²) in [5.74, 6) is 0.574. The van der Waals surface area contributed by atoms with Crippen molar-refractivity contribution in [2.75, 3.05) is 18.1 Å². The predicted octanol–water partition coefficient (Wildman–Crippen LogP) is 3.69. The second-order valence-electron chi connectivity index (χ2n) is 6.99. The Balaban J connectivity index is 1.78. The summed E-state index contributed by atoms with van der Waals surface area (Å²) < 4.78 is 29.5. The van der Waals surface area contributed by atoms with Crippen LogP contribution in [0.4, 0.5) is 0 Å². The molecule has 2 atom stereocenters. The number of amides is 1. The summed E-state index contributed by atoms with van der Waals surface area (Å²) in [7, 11) is -3.07. The number of fused-ring (bicyclic) bond motifs is 1. The average Bonchev–Trinajstić information content (AvgIpc) is 3.00. The lowest BCUT2D eigenvalue weighted by molar-refractivity contribution is -0.137. The third-order valence-electron chi connectivity index (χ3n) is 5.14. The first-order chi connectivity index (χ1) is 12.8. The van der Waals surface area contributed by atoms with Gasteiger partial charge in [0.05, 0.1) is 11.5 Å². The van der Waals surface area contributed by atoms with Crippen molar-refractivity contribution < 1.29 is 17.9 Å². The molecular formula is C20H24ClNO4S. The predicted molar refractivity (Wildman–Crippen MR) is 108 cm³/mol. The van der Waals surface area contributed by atoms with Crippen LogP contribution in [0.15, 0.2) is 36.4 Å². The zero-order chi connectivity index (χ0) is 19.6. The highest BCUT2D eigenvalue weighted by Crippen LogP contribution is 2.31. The smallest absolute Gasteiger partial charge is 0.261 e. The lowest BCUT2D eigenvalue weighted by Gasteiger charge is -2.33. The first-order valence-electron chi connectivity index (χ1n) is 9.14. The molecule has 0 N–H and O–H groups in total. The Bertz CT molecular complexity index is 944. The standard InChI is InChI=1S/C20H24ClNO4S/c1-3-14(2)22(15-10-11-27(24,25)13-15)20(23)12-26-19-9-8-18(21)16-6-4-5-7-17(16)19/h4-9,14-15H,3,10-13H2,1-2H3. The van der Waals surface area contributed by atoms with Gasteiger partial charge in [-0.1, -0.05) is 42.8 Å². The van der Waals surface area contributed by atoms with Crippen molar-refractivity contribution in [1.82, 2.24) is 4.90 Å². The summed E-state index contributed by atoms with van der Waals surface area (Å²) in [4.78, 5) is 14.6. The molecule has 7 heteroatoms. The molecule has 3 rings (SSSR count). The van der Waals surface area contributed by atoms with Gasteiger partial charge in [0, 0.05) is 27.9 Å². The molecule has 1 saturated heterocycles. The molecule has 1 aliphatic rings. The number of sulfone groups is 1. The van der Waals surface area contributed by atoms with Gasteiger partial charge in [-0.25, -0.2) is 8.42 Å². The molecule has 5 nitrogen and oxygen atoms in total. The molecule has 1 fully saturated rings. The van der Waals surface area contributed by atoms with E-state index in [2.05, 4.69) is 0 Å². The molecule has 0 saturated carbocycles. The normalized spacial score (nSPS) is 19.7. The molecule has 1 amide bonds. The number of hydrogen-bond donors (Lipinski definition) is 0. The molecule has 2 aromatic carbocycles. The monoisotopic (exact) mass is 409 g/mol. The van der Waals surface area contributed by atoms with Crippen LogP contribution in [0.2, 0.25) is 5.02 Å². The van der Waals surface area contributed by atoms with Crippen LogP contribution in [0.5, 0.6) is 5.75 Å². The van der Waals surface area contributed by atoms with Crippen LogP contribution >= 0.6 is 11.6 Å². The van der Waals surface area contributed by atoms with E-state index in [9.17, 15) is 13.2 Å². The lowest BCUT2D eigenvalue weighted by atomic mass is 10.1. The molecule has 2 unspecified atom stereocenters. The van der Waals surface area contributed by atoms with Gasteiger partial charge in [-0.3, -0.25) is 4.79 Å². The van der Waals surface area contributed by atoms with Crippen molar-refractivity contribution >= 4 is 38.1 Å². The van der Waals surface area contributed by atoms with Crippen molar-refractivity contribution in [2.24, 2.45) is 0 Å². The topological polar surface area (TPSA) is 63.7 Å². The summed E-state index contributed by atoms with van der Waals surface area (Å²) in [6, 6.07) is 10.8. The molecule has 0 spiro atoms. The summed E-state index contributed by atoms with van der Waals surface area (Å²) in [5.41, 5.74) is 0. The summed E-state index contributed by atoms with van der Waals surface area (Å²) >= 11 is 6.23. The number of halogens is 1. The van der Waals surface area contributed by atoms with Crippen molar-refractivity contribution in [1.29, 1.82) is 0 Å². The van der Waals surface area contributed by atoms with Crippen LogP contribution < -0.4 is 4.74 Å². The molecule has 1 aliphatic heterocycles. The fourth-order valence-corrected chi connectivity index (χ4v) is 5.51. The SMILES string of the molecule is CCC(C)N(C(=O)COc1ccc(Cl)c2ccccc12)C1CCS(=O)(=O)C1. The van der Waals surface area contributed by atoms with E-state index in [0.29, 0.717) is 17.2 Å². The molecule has 146 valence electrons. The highest BCUT2D eigenvalue weighted by atomic mass is 35.5. The lowest BCUT2D eigenvalue weighted by Crippen LogP contribution is -2.48. The molecule has 27 heavy (non-hydrogen) atoms. The Kier molecular flexibility index (Phi) is 5.96. The third kappa shape index (κ3) is 4.38. The maximum Gasteiger partial charge on any atom is 0.261 e. The molecule has 0 aliphatic carbocycles. The maximum atomic E-state index is 12.9. The minimum absolute atomic E-state index is 0.0347. The van der Waals surface area contributed by atoms with Crippen LogP contribution in [0.25, 0.3) is 10.8 Å². The van der Waals surface area contributed by atoms with E-state index in [1.807, 2.05) is 38.1 Å². The zero-order valence-electron chi connectivity index (χ0n) is 15.5. The molecule has 1 heterocycles. The highest BCUT2D eigenvalue weighted by Gasteiger charge is 2.36. The van der Waals surface area contributed by atoms with Crippen LogP contribution in [0.1, 0.15) is 26.7 Å². The largest absolute Gasteiger partial charge is 0.483 e. The number of ether oxygens (including phenoxy) is 1. The van der Waals surface area contributed by atoms with Gasteiger partial charge in [0.1, 0.15) is 5.75 Å². The first-order valence-corrected chi connectivity index (χ1v) is 11.3. The van der Waals surface area contributed by atoms with Crippen molar-refractivity contribution in [2.45, 2.75) is 38.8 Å². The minimum atomic E-state index is -3.07. The van der Waals surface area contributed by atoms with Gasteiger partial charge in [-0.15, -0.1) is 0 Å². The van der Waals surface area contributed by atoms with Crippen LogP contribution in [0.3, 0.4) is 0 Å². The van der Waals surface area contributed by atoms with Gasteiger partial charge in [-0.05, 0) is 31.9 Å². The van der Waals surface area contributed by atoms with E-state index >= 15 is 0 Å². The van der Waals surface area contributed by atoms with Gasteiger partial charge in [0.25, 0.3) is 5.91 Å². The number of benzene rings is 2. The fourth-order valence-electron chi connectivity index (χ4n) is 3.58. The third-order valence-corrected chi connectivity index (χ3v) is 7.22. The van der Waals surface area contributed by atoms with Crippen molar-refractivity contribution in [3.8, 4) is 5.75 Å². The van der Waals surface area contributed by atoms with E-state index in [1.54, 1.807) is 17.0 Å². The quantitative estimate of drug-likeness (QED) is 0.729. The number of rotatable bonds is 6. The van der Waals surface area contributed by atoms with Crippen LogP contribution in [-0.2, 0) is 14.6 Å². The number of carbonyl (C=O) groups is 1. The highest BCUT2D eigenvalue weighted by molar-refractivity contribution is 7.91. The maximum absolute atomic E-state index is 12.9. The summed E-state index contributed by atoms with van der Waals surface area (Å²) in [5, 5.41) is 2.34. The Hall–Kier alpha value is -1.79. The Morgan fingerprint density at radius 3 is 2.59 bits per heavy atom.